The van der Waals surface area contributed by atoms with Crippen molar-refractivity contribution in [3.05, 3.63) is 40.5 Å². The molecule has 26 heavy (non-hydrogen) atoms. The van der Waals surface area contributed by atoms with E-state index in [1.807, 2.05) is 0 Å². The molecule has 5 nitrogen and oxygen atoms in total. The Hall–Kier alpha value is -1.14. The van der Waals surface area contributed by atoms with Gasteiger partial charge in [-0.3, -0.25) is 9.69 Å². The molecule has 2 rings (SSSR count). The van der Waals surface area contributed by atoms with Crippen LogP contribution in [0.2, 0.25) is 5.02 Å². The minimum Gasteiger partial charge on any atom is -0.469 e. The predicted octanol–water partition coefficient (Wildman–Crippen LogP) is 5.37. The van der Waals surface area contributed by atoms with E-state index < -0.39 is 33.9 Å². The number of ether oxygens (including phenoxy) is 2. The summed E-state index contributed by atoms with van der Waals surface area (Å²) in [5.41, 5.74) is 0.292. The molecule has 0 bridgehead atoms. The van der Waals surface area contributed by atoms with Gasteiger partial charge in [-0.1, -0.05) is 58.5 Å². The van der Waals surface area contributed by atoms with Crippen molar-refractivity contribution in [1.82, 2.24) is 4.90 Å². The van der Waals surface area contributed by atoms with Crippen molar-refractivity contribution >= 4 is 64.5 Å². The average molecular weight is 441 g/mol. The first-order valence-corrected chi connectivity index (χ1v) is 9.07. The quantitative estimate of drug-likeness (QED) is 0.468. The Morgan fingerprint density at radius 2 is 1.88 bits per heavy atom. The fraction of sp³-hybridized carbons (Fsp3) is 0.412. The molecule has 1 atom stereocenters. The van der Waals surface area contributed by atoms with E-state index in [1.54, 1.807) is 38.1 Å². The molecule has 1 aliphatic rings. The first-order chi connectivity index (χ1) is 12.0. The van der Waals surface area contributed by atoms with E-state index >= 15 is 0 Å². The molecule has 1 amide bonds. The number of nitrogens with zero attached hydrogens (tertiary/aromatic N) is 1. The van der Waals surface area contributed by atoms with Crippen molar-refractivity contribution in [2.24, 2.45) is 5.41 Å². The summed E-state index contributed by atoms with van der Waals surface area (Å²) in [4.78, 5) is 26.3. The zero-order chi connectivity index (χ0) is 19.7. The van der Waals surface area contributed by atoms with Crippen molar-refractivity contribution in [2.75, 3.05) is 13.7 Å². The minimum absolute atomic E-state index is 0.436. The van der Waals surface area contributed by atoms with E-state index in [0.717, 1.165) is 0 Å². The van der Waals surface area contributed by atoms with Gasteiger partial charge in [0.05, 0.1) is 18.6 Å². The highest BCUT2D eigenvalue weighted by Crippen LogP contribution is 2.45. The Morgan fingerprint density at radius 3 is 2.46 bits per heavy atom. The number of hydrogen-bond acceptors (Lipinski definition) is 4. The number of halogens is 4. The summed E-state index contributed by atoms with van der Waals surface area (Å²) in [6.07, 6.45) is 2.39. The molecule has 1 aliphatic heterocycles. The van der Waals surface area contributed by atoms with Crippen LogP contribution in [-0.2, 0) is 14.3 Å². The van der Waals surface area contributed by atoms with Gasteiger partial charge in [0.1, 0.15) is 6.61 Å². The topological polar surface area (TPSA) is 55.8 Å². The summed E-state index contributed by atoms with van der Waals surface area (Å²) in [5, 5.41) is 0.499. The van der Waals surface area contributed by atoms with E-state index in [1.165, 1.54) is 18.2 Å². The van der Waals surface area contributed by atoms with Gasteiger partial charge in [0.25, 0.3) is 0 Å². The molecular weight excluding hydrogens is 424 g/mol. The van der Waals surface area contributed by atoms with Gasteiger partial charge in [-0.25, -0.2) is 4.79 Å². The van der Waals surface area contributed by atoms with Crippen LogP contribution in [-0.4, -0.2) is 34.5 Å². The van der Waals surface area contributed by atoms with E-state index in [4.69, 9.17) is 55.9 Å². The third-order valence-electron chi connectivity index (χ3n) is 4.03. The molecule has 0 spiro atoms. The van der Waals surface area contributed by atoms with E-state index in [-0.39, 0.29) is 0 Å². The average Bonchev–Trinajstić information content (AvgIpc) is 2.57. The predicted molar refractivity (Wildman–Crippen MR) is 103 cm³/mol. The summed E-state index contributed by atoms with van der Waals surface area (Å²) in [6.45, 7) is 2.90. The molecule has 0 saturated heterocycles. The highest BCUT2D eigenvalue weighted by atomic mass is 35.6. The van der Waals surface area contributed by atoms with Crippen molar-refractivity contribution in [1.29, 1.82) is 0 Å². The highest BCUT2D eigenvalue weighted by molar-refractivity contribution is 6.67. The SMILES string of the molecule is COC(=O)C(C)(C)C1c2cccc(Cl)c2C=CN1C(=O)OCC(Cl)(Cl)Cl. The third kappa shape index (κ3) is 4.39. The lowest BCUT2D eigenvalue weighted by atomic mass is 9.77. The van der Waals surface area contributed by atoms with Gasteiger partial charge in [-0.2, -0.15) is 0 Å². The summed E-state index contributed by atoms with van der Waals surface area (Å²) in [5.74, 6) is -0.497. The zero-order valence-electron chi connectivity index (χ0n) is 14.3. The molecule has 9 heteroatoms. The van der Waals surface area contributed by atoms with Crippen molar-refractivity contribution < 1.29 is 19.1 Å². The molecule has 0 saturated carbocycles. The van der Waals surface area contributed by atoms with Gasteiger partial charge in [-0.15, -0.1) is 0 Å². The normalized spacial score (nSPS) is 16.9. The summed E-state index contributed by atoms with van der Waals surface area (Å²) >= 11 is 23.2. The van der Waals surface area contributed by atoms with Crippen LogP contribution in [0.15, 0.2) is 24.4 Å². The number of alkyl halides is 3. The lowest BCUT2D eigenvalue weighted by molar-refractivity contribution is -0.154. The number of benzene rings is 1. The molecule has 1 aromatic rings. The van der Waals surface area contributed by atoms with Crippen LogP contribution in [0.4, 0.5) is 4.79 Å². The molecule has 142 valence electrons. The minimum atomic E-state index is -1.75. The van der Waals surface area contributed by atoms with Crippen LogP contribution >= 0.6 is 46.4 Å². The maximum Gasteiger partial charge on any atom is 0.414 e. The lowest BCUT2D eigenvalue weighted by Crippen LogP contribution is -2.45. The van der Waals surface area contributed by atoms with Crippen molar-refractivity contribution in [3.8, 4) is 0 Å². The molecule has 0 N–H and O–H groups in total. The molecule has 1 aromatic carbocycles. The van der Waals surface area contributed by atoms with Gasteiger partial charge < -0.3 is 9.47 Å². The van der Waals surface area contributed by atoms with Crippen LogP contribution in [0.25, 0.3) is 6.08 Å². The van der Waals surface area contributed by atoms with Gasteiger partial charge in [0, 0.05) is 11.2 Å². The van der Waals surface area contributed by atoms with Crippen LogP contribution < -0.4 is 0 Å². The largest absolute Gasteiger partial charge is 0.469 e. The lowest BCUT2D eigenvalue weighted by Gasteiger charge is -2.41. The van der Waals surface area contributed by atoms with Crippen LogP contribution in [0.1, 0.15) is 31.0 Å². The van der Waals surface area contributed by atoms with E-state index in [0.29, 0.717) is 16.1 Å². The molecule has 0 aliphatic carbocycles. The Kier molecular flexibility index (Phi) is 6.39. The van der Waals surface area contributed by atoms with Crippen molar-refractivity contribution in [3.63, 3.8) is 0 Å². The molecule has 0 aromatic heterocycles. The first-order valence-electron chi connectivity index (χ1n) is 7.56. The van der Waals surface area contributed by atoms with Crippen LogP contribution in [0.3, 0.4) is 0 Å². The Balaban J connectivity index is 2.48. The maximum absolute atomic E-state index is 12.6. The van der Waals surface area contributed by atoms with Gasteiger partial charge in [-0.05, 0) is 37.1 Å². The van der Waals surface area contributed by atoms with E-state index in [2.05, 4.69) is 0 Å². The second-order valence-corrected chi connectivity index (χ2v) is 9.17. The van der Waals surface area contributed by atoms with Crippen LogP contribution in [0.5, 0.6) is 0 Å². The van der Waals surface area contributed by atoms with E-state index in [9.17, 15) is 9.59 Å². The fourth-order valence-corrected chi connectivity index (χ4v) is 3.26. The number of methoxy groups -OCH3 is 1. The monoisotopic (exact) mass is 439 g/mol. The number of hydrogen-bond donors (Lipinski definition) is 0. The zero-order valence-corrected chi connectivity index (χ0v) is 17.3. The number of amides is 1. The second kappa shape index (κ2) is 7.85. The number of carbonyl (C=O) groups is 2. The molecule has 1 unspecified atom stereocenters. The Morgan fingerprint density at radius 1 is 1.23 bits per heavy atom. The number of carbonyl (C=O) groups excluding carboxylic acids is 2. The highest BCUT2D eigenvalue weighted by Gasteiger charge is 2.46. The molecule has 0 fully saturated rings. The number of fused-ring (bicyclic) bond motifs is 1. The van der Waals surface area contributed by atoms with Gasteiger partial charge in [0.15, 0.2) is 0 Å². The standard InChI is InChI=1S/C17H17Cl4NO4/c1-16(2,14(23)25-3)13-11-5-4-6-12(18)10(11)7-8-22(13)15(24)26-9-17(19,20)21/h4-8,13H,9H2,1-3H3. The summed E-state index contributed by atoms with van der Waals surface area (Å²) in [6, 6.07) is 4.53. The first kappa shape index (κ1) is 21.2. The number of esters is 1. The van der Waals surface area contributed by atoms with Gasteiger partial charge in [0.2, 0.25) is 3.79 Å². The smallest absolute Gasteiger partial charge is 0.414 e. The third-order valence-corrected chi connectivity index (χ3v) is 4.68. The van der Waals surface area contributed by atoms with Gasteiger partial charge >= 0.3 is 12.1 Å². The number of rotatable bonds is 3. The second-order valence-electron chi connectivity index (χ2n) is 6.25. The maximum atomic E-state index is 12.6. The summed E-state index contributed by atoms with van der Waals surface area (Å²) in [7, 11) is 1.28. The summed E-state index contributed by atoms with van der Waals surface area (Å²) < 4.78 is 8.26. The Bertz CT molecular complexity index is 743. The van der Waals surface area contributed by atoms with Crippen molar-refractivity contribution in [2.45, 2.75) is 23.7 Å². The molecule has 1 heterocycles. The molecule has 0 radical (unpaired) electrons. The van der Waals surface area contributed by atoms with Crippen LogP contribution in [0, 0.1) is 5.41 Å². The Labute approximate surface area is 171 Å². The fourth-order valence-electron chi connectivity index (χ4n) is 2.85. The molecular formula is C17H17Cl4NO4.